The monoisotopic (exact) mass is 221 g/mol. The lowest BCUT2D eigenvalue weighted by Gasteiger charge is -2.13. The third-order valence-corrected chi connectivity index (χ3v) is 2.22. The minimum atomic E-state index is -0.126. The smallest absolute Gasteiger partial charge is 0.253 e. The van der Waals surface area contributed by atoms with Crippen molar-refractivity contribution in [2.24, 2.45) is 5.92 Å². The molecule has 1 aromatic carbocycles. The van der Waals surface area contributed by atoms with E-state index < -0.39 is 0 Å². The third kappa shape index (κ3) is 3.15. The molecule has 0 spiro atoms. The van der Waals surface area contributed by atoms with Crippen LogP contribution in [0.4, 0.5) is 11.4 Å². The second-order valence-corrected chi connectivity index (χ2v) is 4.16. The van der Waals surface area contributed by atoms with E-state index in [4.69, 9.17) is 5.73 Å². The molecular weight excluding hydrogens is 202 g/mol. The van der Waals surface area contributed by atoms with Crippen molar-refractivity contribution in [2.45, 2.75) is 13.8 Å². The summed E-state index contributed by atoms with van der Waals surface area (Å²) in [5.41, 5.74) is 7.67. The molecule has 0 heterocycles. The molecule has 0 aromatic heterocycles. The molecule has 0 aliphatic rings. The maximum Gasteiger partial charge on any atom is 0.253 e. The Morgan fingerprint density at radius 1 is 1.44 bits per heavy atom. The van der Waals surface area contributed by atoms with Gasteiger partial charge in [0.05, 0.1) is 5.56 Å². The summed E-state index contributed by atoms with van der Waals surface area (Å²) >= 11 is 0. The molecule has 16 heavy (non-hydrogen) atoms. The molecule has 1 amide bonds. The van der Waals surface area contributed by atoms with Gasteiger partial charge in [-0.3, -0.25) is 4.79 Å². The molecule has 0 aliphatic carbocycles. The molecule has 0 unspecified atom stereocenters. The fourth-order valence-electron chi connectivity index (χ4n) is 1.35. The first-order valence-electron chi connectivity index (χ1n) is 5.40. The predicted octanol–water partition coefficient (Wildman–Crippen LogP) is 1.70. The van der Waals surface area contributed by atoms with E-state index in [0.717, 1.165) is 12.2 Å². The Kier molecular flexibility index (Phi) is 4.17. The number of hydrogen-bond donors (Lipinski definition) is 3. The maximum absolute atomic E-state index is 11.6. The van der Waals surface area contributed by atoms with Crippen LogP contribution in [-0.2, 0) is 0 Å². The van der Waals surface area contributed by atoms with Crippen molar-refractivity contribution in [3.8, 4) is 0 Å². The van der Waals surface area contributed by atoms with Gasteiger partial charge in [-0.15, -0.1) is 0 Å². The average Bonchev–Trinajstić information content (AvgIpc) is 2.26. The van der Waals surface area contributed by atoms with Crippen LogP contribution in [0.25, 0.3) is 0 Å². The van der Waals surface area contributed by atoms with Crippen molar-refractivity contribution >= 4 is 17.3 Å². The third-order valence-electron chi connectivity index (χ3n) is 2.22. The van der Waals surface area contributed by atoms with Crippen LogP contribution in [0, 0.1) is 5.92 Å². The fourth-order valence-corrected chi connectivity index (χ4v) is 1.35. The van der Waals surface area contributed by atoms with E-state index in [9.17, 15) is 4.79 Å². The van der Waals surface area contributed by atoms with E-state index in [1.807, 2.05) is 6.07 Å². The number of nitrogens with one attached hydrogen (secondary N) is 2. The van der Waals surface area contributed by atoms with E-state index in [0.29, 0.717) is 17.2 Å². The minimum Gasteiger partial charge on any atom is -0.399 e. The van der Waals surface area contributed by atoms with Gasteiger partial charge in [0.1, 0.15) is 0 Å². The van der Waals surface area contributed by atoms with Crippen LogP contribution < -0.4 is 16.4 Å². The number of anilines is 2. The van der Waals surface area contributed by atoms with Crippen molar-refractivity contribution in [2.75, 3.05) is 24.6 Å². The Morgan fingerprint density at radius 3 is 2.69 bits per heavy atom. The summed E-state index contributed by atoms with van der Waals surface area (Å²) in [7, 11) is 1.61. The number of carbonyl (C=O) groups is 1. The van der Waals surface area contributed by atoms with Gasteiger partial charge in [0.2, 0.25) is 0 Å². The topological polar surface area (TPSA) is 67.2 Å². The van der Waals surface area contributed by atoms with Gasteiger partial charge in [-0.2, -0.15) is 0 Å². The number of carbonyl (C=O) groups excluding carboxylic acids is 1. The molecule has 0 bridgehead atoms. The summed E-state index contributed by atoms with van der Waals surface area (Å²) in [6.45, 7) is 5.06. The van der Waals surface area contributed by atoms with Crippen LogP contribution in [0.15, 0.2) is 18.2 Å². The Morgan fingerprint density at radius 2 is 2.12 bits per heavy atom. The van der Waals surface area contributed by atoms with Crippen molar-refractivity contribution in [3.05, 3.63) is 23.8 Å². The van der Waals surface area contributed by atoms with E-state index in [2.05, 4.69) is 24.5 Å². The molecule has 88 valence electrons. The van der Waals surface area contributed by atoms with Gasteiger partial charge in [-0.1, -0.05) is 13.8 Å². The van der Waals surface area contributed by atoms with Gasteiger partial charge in [0.25, 0.3) is 5.91 Å². The van der Waals surface area contributed by atoms with Gasteiger partial charge >= 0.3 is 0 Å². The largest absolute Gasteiger partial charge is 0.399 e. The average molecular weight is 221 g/mol. The standard InChI is InChI=1S/C12H19N3O/c1-8(2)7-15-11-5-4-9(13)6-10(11)12(16)14-3/h4-6,8,15H,7,13H2,1-3H3,(H,14,16). The van der Waals surface area contributed by atoms with Crippen LogP contribution in [-0.4, -0.2) is 19.5 Å². The van der Waals surface area contributed by atoms with Crippen molar-refractivity contribution in [1.82, 2.24) is 5.32 Å². The molecule has 1 rings (SSSR count). The number of nitrogen functional groups attached to an aromatic ring is 1. The zero-order valence-corrected chi connectivity index (χ0v) is 10.0. The maximum atomic E-state index is 11.6. The summed E-state index contributed by atoms with van der Waals surface area (Å²) in [6.07, 6.45) is 0. The molecule has 0 atom stereocenters. The van der Waals surface area contributed by atoms with E-state index in [1.165, 1.54) is 0 Å². The van der Waals surface area contributed by atoms with Crippen molar-refractivity contribution < 1.29 is 4.79 Å². The lowest BCUT2D eigenvalue weighted by molar-refractivity contribution is 0.0964. The van der Waals surface area contributed by atoms with Gasteiger partial charge in [0, 0.05) is 25.0 Å². The summed E-state index contributed by atoms with van der Waals surface area (Å²) < 4.78 is 0. The van der Waals surface area contributed by atoms with Gasteiger partial charge < -0.3 is 16.4 Å². The highest BCUT2D eigenvalue weighted by molar-refractivity contribution is 6.00. The van der Waals surface area contributed by atoms with Crippen molar-refractivity contribution in [1.29, 1.82) is 0 Å². The van der Waals surface area contributed by atoms with Crippen LogP contribution in [0.2, 0.25) is 0 Å². The second kappa shape index (κ2) is 5.39. The molecule has 0 saturated carbocycles. The lowest BCUT2D eigenvalue weighted by atomic mass is 10.1. The Balaban J connectivity index is 2.93. The first-order chi connectivity index (χ1) is 7.54. The van der Waals surface area contributed by atoms with E-state index >= 15 is 0 Å². The lowest BCUT2D eigenvalue weighted by Crippen LogP contribution is -2.20. The molecule has 0 aliphatic heterocycles. The fraction of sp³-hybridized carbons (Fsp3) is 0.417. The highest BCUT2D eigenvalue weighted by Gasteiger charge is 2.10. The number of hydrogen-bond acceptors (Lipinski definition) is 3. The molecule has 0 radical (unpaired) electrons. The predicted molar refractivity (Wildman–Crippen MR) is 67.6 cm³/mol. The highest BCUT2D eigenvalue weighted by atomic mass is 16.1. The van der Waals surface area contributed by atoms with E-state index in [-0.39, 0.29) is 5.91 Å². The summed E-state index contributed by atoms with van der Waals surface area (Å²) in [6, 6.07) is 5.30. The van der Waals surface area contributed by atoms with Gasteiger partial charge in [0.15, 0.2) is 0 Å². The molecule has 0 fully saturated rings. The Hall–Kier alpha value is -1.71. The summed E-state index contributed by atoms with van der Waals surface area (Å²) in [5.74, 6) is 0.397. The van der Waals surface area contributed by atoms with Gasteiger partial charge in [-0.25, -0.2) is 0 Å². The summed E-state index contributed by atoms with van der Waals surface area (Å²) in [4.78, 5) is 11.6. The van der Waals surface area contributed by atoms with Gasteiger partial charge in [-0.05, 0) is 24.1 Å². The number of benzene rings is 1. The highest BCUT2D eigenvalue weighted by Crippen LogP contribution is 2.19. The molecule has 4 nitrogen and oxygen atoms in total. The first kappa shape index (κ1) is 12.4. The SMILES string of the molecule is CNC(=O)c1cc(N)ccc1NCC(C)C. The number of amides is 1. The second-order valence-electron chi connectivity index (χ2n) is 4.16. The Bertz CT molecular complexity index is 375. The van der Waals surface area contributed by atoms with Crippen LogP contribution >= 0.6 is 0 Å². The minimum absolute atomic E-state index is 0.126. The quantitative estimate of drug-likeness (QED) is 0.678. The van der Waals surface area contributed by atoms with Crippen molar-refractivity contribution in [3.63, 3.8) is 0 Å². The molecule has 0 saturated heterocycles. The first-order valence-corrected chi connectivity index (χ1v) is 5.40. The van der Waals surface area contributed by atoms with Crippen LogP contribution in [0.1, 0.15) is 24.2 Å². The molecular formula is C12H19N3O. The van der Waals surface area contributed by atoms with Crippen LogP contribution in [0.5, 0.6) is 0 Å². The normalized spacial score (nSPS) is 10.2. The molecule has 4 heteroatoms. The number of nitrogens with two attached hydrogens (primary N) is 1. The Labute approximate surface area is 96.2 Å². The van der Waals surface area contributed by atoms with Crippen LogP contribution in [0.3, 0.4) is 0 Å². The zero-order valence-electron chi connectivity index (χ0n) is 10.0. The summed E-state index contributed by atoms with van der Waals surface area (Å²) in [5, 5.41) is 5.84. The molecule has 1 aromatic rings. The zero-order chi connectivity index (χ0) is 12.1. The van der Waals surface area contributed by atoms with E-state index in [1.54, 1.807) is 19.2 Å². The number of rotatable bonds is 4. The molecule has 4 N–H and O–H groups in total.